The second kappa shape index (κ2) is 6.43. The SMILES string of the molecule is [CH2][C@H](CCC(=O)N(C)OC)NC(=O)C(F)(F)F. The summed E-state index contributed by atoms with van der Waals surface area (Å²) in [5.41, 5.74) is 0. The Balaban J connectivity index is 4.00. The average Bonchev–Trinajstić information content (AvgIpc) is 2.23. The number of nitrogens with zero attached hydrogens (tertiary/aromatic N) is 1. The van der Waals surface area contributed by atoms with Crippen molar-refractivity contribution in [2.75, 3.05) is 14.2 Å². The molecule has 17 heavy (non-hydrogen) atoms. The van der Waals surface area contributed by atoms with Gasteiger partial charge in [0.1, 0.15) is 0 Å². The van der Waals surface area contributed by atoms with E-state index in [9.17, 15) is 22.8 Å². The zero-order chi connectivity index (χ0) is 13.6. The predicted molar refractivity (Wildman–Crippen MR) is 52.4 cm³/mol. The summed E-state index contributed by atoms with van der Waals surface area (Å²) in [5, 5.41) is 2.59. The van der Waals surface area contributed by atoms with E-state index < -0.39 is 24.0 Å². The Labute approximate surface area is 96.9 Å². The van der Waals surface area contributed by atoms with Crippen LogP contribution in [0.25, 0.3) is 0 Å². The molecule has 99 valence electrons. The van der Waals surface area contributed by atoms with Crippen LogP contribution in [0.1, 0.15) is 12.8 Å². The van der Waals surface area contributed by atoms with Gasteiger partial charge in [0.2, 0.25) is 5.91 Å². The van der Waals surface area contributed by atoms with E-state index in [1.807, 2.05) is 0 Å². The monoisotopic (exact) mass is 255 g/mol. The molecule has 8 heteroatoms. The predicted octanol–water partition coefficient (Wildman–Crippen LogP) is 0.668. The zero-order valence-corrected chi connectivity index (χ0v) is 9.50. The number of rotatable bonds is 5. The maximum Gasteiger partial charge on any atom is 0.471 e. The number of nitrogens with one attached hydrogen (secondary N) is 1. The maximum atomic E-state index is 11.9. The van der Waals surface area contributed by atoms with E-state index >= 15 is 0 Å². The lowest BCUT2D eigenvalue weighted by Gasteiger charge is -2.17. The van der Waals surface area contributed by atoms with Crippen LogP contribution in [0.4, 0.5) is 13.2 Å². The lowest BCUT2D eigenvalue weighted by atomic mass is 10.1. The number of carbonyl (C=O) groups excluding carboxylic acids is 2. The Morgan fingerprint density at radius 3 is 2.41 bits per heavy atom. The third-order valence-corrected chi connectivity index (χ3v) is 1.92. The molecule has 0 bridgehead atoms. The van der Waals surface area contributed by atoms with Crippen LogP contribution in [0.2, 0.25) is 0 Å². The first kappa shape index (κ1) is 15.7. The van der Waals surface area contributed by atoms with E-state index in [-0.39, 0.29) is 12.8 Å². The van der Waals surface area contributed by atoms with Crippen LogP contribution < -0.4 is 5.32 Å². The zero-order valence-electron chi connectivity index (χ0n) is 9.50. The molecular formula is C9H14F3N2O3. The van der Waals surface area contributed by atoms with E-state index in [1.165, 1.54) is 14.2 Å². The molecule has 0 heterocycles. The van der Waals surface area contributed by atoms with Crippen molar-refractivity contribution in [3.05, 3.63) is 6.92 Å². The van der Waals surface area contributed by atoms with Gasteiger partial charge in [0.05, 0.1) is 7.11 Å². The topological polar surface area (TPSA) is 58.6 Å². The summed E-state index contributed by atoms with van der Waals surface area (Å²) in [6.45, 7) is 3.31. The van der Waals surface area contributed by atoms with Gasteiger partial charge in [0.15, 0.2) is 0 Å². The number of hydrogen-bond acceptors (Lipinski definition) is 3. The molecule has 1 N–H and O–H groups in total. The molecule has 1 radical (unpaired) electrons. The number of hydrogen-bond donors (Lipinski definition) is 1. The van der Waals surface area contributed by atoms with Gasteiger partial charge in [-0.25, -0.2) is 5.06 Å². The largest absolute Gasteiger partial charge is 0.471 e. The maximum absolute atomic E-state index is 11.9. The number of halogens is 3. The quantitative estimate of drug-likeness (QED) is 0.734. The summed E-state index contributed by atoms with van der Waals surface area (Å²) in [6, 6.07) is -0.988. The molecule has 0 fully saturated rings. The fourth-order valence-electron chi connectivity index (χ4n) is 0.896. The van der Waals surface area contributed by atoms with E-state index in [0.717, 1.165) is 5.06 Å². The third-order valence-electron chi connectivity index (χ3n) is 1.92. The molecule has 0 rings (SSSR count). The summed E-state index contributed by atoms with van der Waals surface area (Å²) >= 11 is 0. The van der Waals surface area contributed by atoms with Gasteiger partial charge in [-0.15, -0.1) is 0 Å². The standard InChI is InChI=1S/C9H14F3N2O3/c1-6(13-8(16)9(10,11)12)4-5-7(15)14(2)17-3/h6H,1,4-5H2,2-3H3,(H,13,16)/t6-/m1/s1. The molecule has 0 aromatic heterocycles. The highest BCUT2D eigenvalue weighted by molar-refractivity contribution is 5.82. The summed E-state index contributed by atoms with van der Waals surface area (Å²) < 4.78 is 35.6. The van der Waals surface area contributed by atoms with Crippen molar-refractivity contribution in [2.45, 2.75) is 25.1 Å². The highest BCUT2D eigenvalue weighted by atomic mass is 19.4. The molecule has 0 saturated carbocycles. The Morgan fingerprint density at radius 1 is 1.47 bits per heavy atom. The molecule has 2 amide bonds. The van der Waals surface area contributed by atoms with Gasteiger partial charge >= 0.3 is 12.1 Å². The van der Waals surface area contributed by atoms with E-state index in [1.54, 1.807) is 5.32 Å². The van der Waals surface area contributed by atoms with Crippen LogP contribution in [0.3, 0.4) is 0 Å². The van der Waals surface area contributed by atoms with Gasteiger partial charge < -0.3 is 5.32 Å². The molecule has 0 aromatic rings. The molecule has 0 saturated heterocycles. The van der Waals surface area contributed by atoms with Crippen molar-refractivity contribution in [1.29, 1.82) is 0 Å². The summed E-state index contributed by atoms with van der Waals surface area (Å²) in [6.07, 6.45) is -5.02. The van der Waals surface area contributed by atoms with Crippen molar-refractivity contribution >= 4 is 11.8 Å². The first-order valence-corrected chi connectivity index (χ1v) is 4.70. The van der Waals surface area contributed by atoms with Crippen LogP contribution >= 0.6 is 0 Å². The molecule has 5 nitrogen and oxygen atoms in total. The van der Waals surface area contributed by atoms with Crippen LogP contribution in [-0.4, -0.2) is 43.3 Å². The van der Waals surface area contributed by atoms with Crippen LogP contribution in [-0.2, 0) is 14.4 Å². The molecule has 0 spiro atoms. The molecule has 0 aliphatic heterocycles. The van der Waals surface area contributed by atoms with Gasteiger partial charge in [0.25, 0.3) is 0 Å². The minimum absolute atomic E-state index is 0.00560. The van der Waals surface area contributed by atoms with Gasteiger partial charge in [-0.1, -0.05) is 0 Å². The van der Waals surface area contributed by atoms with Crippen molar-refractivity contribution in [3.8, 4) is 0 Å². The lowest BCUT2D eigenvalue weighted by molar-refractivity contribution is -0.174. The lowest BCUT2D eigenvalue weighted by Crippen LogP contribution is -2.42. The number of amides is 2. The third kappa shape index (κ3) is 6.10. The van der Waals surface area contributed by atoms with Gasteiger partial charge in [-0.3, -0.25) is 14.4 Å². The van der Waals surface area contributed by atoms with Crippen LogP contribution in [0, 0.1) is 6.92 Å². The highest BCUT2D eigenvalue weighted by Gasteiger charge is 2.39. The number of alkyl halides is 3. The molecule has 0 aliphatic rings. The minimum atomic E-state index is -4.94. The van der Waals surface area contributed by atoms with E-state index in [0.29, 0.717) is 0 Å². The van der Waals surface area contributed by atoms with Crippen LogP contribution in [0.5, 0.6) is 0 Å². The average molecular weight is 255 g/mol. The Morgan fingerprint density at radius 2 is 2.00 bits per heavy atom. The molecule has 0 aromatic carbocycles. The highest BCUT2D eigenvalue weighted by Crippen LogP contribution is 2.15. The second-order valence-electron chi connectivity index (χ2n) is 3.28. The molecule has 0 unspecified atom stereocenters. The fourth-order valence-corrected chi connectivity index (χ4v) is 0.896. The Bertz CT molecular complexity index is 281. The first-order valence-electron chi connectivity index (χ1n) is 4.70. The van der Waals surface area contributed by atoms with Crippen molar-refractivity contribution in [1.82, 2.24) is 10.4 Å². The van der Waals surface area contributed by atoms with E-state index in [4.69, 9.17) is 0 Å². The number of hydroxylamine groups is 2. The second-order valence-corrected chi connectivity index (χ2v) is 3.28. The first-order chi connectivity index (χ1) is 7.68. The molecule has 1 atom stereocenters. The fraction of sp³-hybridized carbons (Fsp3) is 0.667. The Hall–Kier alpha value is -1.31. The smallest absolute Gasteiger partial charge is 0.346 e. The summed E-state index contributed by atoms with van der Waals surface area (Å²) in [5.74, 6) is -2.48. The van der Waals surface area contributed by atoms with Crippen molar-refractivity contribution in [2.24, 2.45) is 0 Å². The van der Waals surface area contributed by atoms with Gasteiger partial charge in [-0.2, -0.15) is 13.2 Å². The Kier molecular flexibility index (Phi) is 5.94. The number of carbonyl (C=O) groups is 2. The van der Waals surface area contributed by atoms with E-state index in [2.05, 4.69) is 11.8 Å². The van der Waals surface area contributed by atoms with Crippen molar-refractivity contribution < 1.29 is 27.6 Å². The summed E-state index contributed by atoms with van der Waals surface area (Å²) in [7, 11) is 2.65. The normalized spacial score (nSPS) is 13.1. The van der Waals surface area contributed by atoms with Gasteiger partial charge in [0, 0.05) is 19.5 Å². The summed E-state index contributed by atoms with van der Waals surface area (Å²) in [4.78, 5) is 26.3. The molecular weight excluding hydrogens is 241 g/mol. The van der Waals surface area contributed by atoms with Gasteiger partial charge in [-0.05, 0) is 13.3 Å². The van der Waals surface area contributed by atoms with Crippen molar-refractivity contribution in [3.63, 3.8) is 0 Å². The molecule has 0 aliphatic carbocycles. The minimum Gasteiger partial charge on any atom is -0.346 e. The van der Waals surface area contributed by atoms with Crippen LogP contribution in [0.15, 0.2) is 0 Å².